The maximum atomic E-state index is 11.9. The van der Waals surface area contributed by atoms with Gasteiger partial charge in [0.2, 0.25) is 0 Å². The number of hydrogen-bond donors (Lipinski definition) is 1. The lowest BCUT2D eigenvalue weighted by Crippen LogP contribution is -2.28. The van der Waals surface area contributed by atoms with Gasteiger partial charge in [-0.25, -0.2) is 4.98 Å². The first-order valence-corrected chi connectivity index (χ1v) is 6.06. The number of aromatic nitrogens is 2. The Labute approximate surface area is 106 Å². The molecule has 2 rings (SSSR count). The number of pyridine rings is 1. The van der Waals surface area contributed by atoms with E-state index < -0.39 is 12.7 Å². The maximum Gasteiger partial charge on any atom is 0.401 e. The van der Waals surface area contributed by atoms with Crippen molar-refractivity contribution < 1.29 is 13.2 Å². The monoisotopic (exact) mass is 273 g/mol. The van der Waals surface area contributed by atoms with Crippen LogP contribution >= 0.6 is 11.3 Å². The molecule has 0 fully saturated rings. The first-order chi connectivity index (χ1) is 8.54. The first-order valence-electron chi connectivity index (χ1n) is 5.18. The molecule has 0 amide bonds. The van der Waals surface area contributed by atoms with E-state index in [9.17, 15) is 13.2 Å². The molecule has 2 aromatic heterocycles. The van der Waals surface area contributed by atoms with Crippen molar-refractivity contribution in [3.05, 3.63) is 35.5 Å². The van der Waals surface area contributed by atoms with Crippen molar-refractivity contribution in [3.8, 4) is 10.7 Å². The Morgan fingerprint density at radius 3 is 2.78 bits per heavy atom. The van der Waals surface area contributed by atoms with Crippen LogP contribution in [0.25, 0.3) is 10.7 Å². The summed E-state index contributed by atoms with van der Waals surface area (Å²) in [5, 5.41) is 4.74. The summed E-state index contributed by atoms with van der Waals surface area (Å²) < 4.78 is 35.8. The van der Waals surface area contributed by atoms with Crippen molar-refractivity contribution in [1.82, 2.24) is 15.3 Å². The second-order valence-electron chi connectivity index (χ2n) is 3.58. The van der Waals surface area contributed by atoms with Gasteiger partial charge in [-0.2, -0.15) is 13.2 Å². The Kier molecular flexibility index (Phi) is 3.93. The van der Waals surface area contributed by atoms with Crippen LogP contribution in [0.3, 0.4) is 0 Å². The predicted octanol–water partition coefficient (Wildman–Crippen LogP) is 2.86. The van der Waals surface area contributed by atoms with Gasteiger partial charge in [-0.05, 0) is 12.1 Å². The molecule has 1 N–H and O–H groups in total. The molecule has 2 aromatic rings. The Bertz CT molecular complexity index is 496. The lowest BCUT2D eigenvalue weighted by Gasteiger charge is -2.06. The molecule has 18 heavy (non-hydrogen) atoms. The molecule has 0 saturated carbocycles. The van der Waals surface area contributed by atoms with Crippen LogP contribution in [-0.2, 0) is 6.54 Å². The number of thiazole rings is 1. The zero-order valence-electron chi connectivity index (χ0n) is 9.24. The molecule has 7 heteroatoms. The van der Waals surface area contributed by atoms with E-state index in [0.29, 0.717) is 10.7 Å². The van der Waals surface area contributed by atoms with Crippen LogP contribution in [0.5, 0.6) is 0 Å². The van der Waals surface area contributed by atoms with E-state index in [4.69, 9.17) is 0 Å². The second-order valence-corrected chi connectivity index (χ2v) is 4.44. The zero-order valence-corrected chi connectivity index (χ0v) is 10.1. The van der Waals surface area contributed by atoms with Crippen molar-refractivity contribution in [2.45, 2.75) is 12.7 Å². The van der Waals surface area contributed by atoms with Crippen LogP contribution in [0, 0.1) is 0 Å². The van der Waals surface area contributed by atoms with Crippen LogP contribution in [0.15, 0.2) is 29.8 Å². The molecule has 3 nitrogen and oxygen atoms in total. The Balaban J connectivity index is 1.95. The summed E-state index contributed by atoms with van der Waals surface area (Å²) in [5.74, 6) is 0. The number of halogens is 3. The van der Waals surface area contributed by atoms with E-state index in [-0.39, 0.29) is 6.54 Å². The molecule has 0 aliphatic rings. The summed E-state index contributed by atoms with van der Waals surface area (Å²) in [6.07, 6.45) is -2.54. The average Bonchev–Trinajstić information content (AvgIpc) is 2.77. The Morgan fingerprint density at radius 1 is 1.28 bits per heavy atom. The quantitative estimate of drug-likeness (QED) is 0.930. The van der Waals surface area contributed by atoms with Crippen LogP contribution in [0.4, 0.5) is 13.2 Å². The summed E-state index contributed by atoms with van der Waals surface area (Å²) >= 11 is 1.37. The molecule has 2 heterocycles. The first kappa shape index (κ1) is 13.0. The number of rotatable bonds is 4. The topological polar surface area (TPSA) is 37.8 Å². The fourth-order valence-corrected chi connectivity index (χ4v) is 2.12. The van der Waals surface area contributed by atoms with Crippen LogP contribution in [0.2, 0.25) is 0 Å². The van der Waals surface area contributed by atoms with Crippen molar-refractivity contribution in [2.75, 3.05) is 6.54 Å². The minimum absolute atomic E-state index is 0.100. The summed E-state index contributed by atoms with van der Waals surface area (Å²) in [5.41, 5.74) is 1.31. The van der Waals surface area contributed by atoms with E-state index in [2.05, 4.69) is 15.3 Å². The second kappa shape index (κ2) is 5.45. The van der Waals surface area contributed by atoms with E-state index >= 15 is 0 Å². The third-order valence-electron chi connectivity index (χ3n) is 2.07. The average molecular weight is 273 g/mol. The van der Waals surface area contributed by atoms with E-state index in [1.807, 2.05) is 12.1 Å². The highest BCUT2D eigenvalue weighted by atomic mass is 32.1. The zero-order chi connectivity index (χ0) is 13.0. The smallest absolute Gasteiger partial charge is 0.303 e. The molecular weight excluding hydrogens is 263 g/mol. The molecular formula is C11H10F3N3S. The largest absolute Gasteiger partial charge is 0.401 e. The normalized spacial score (nSPS) is 11.7. The van der Waals surface area contributed by atoms with Gasteiger partial charge in [-0.15, -0.1) is 11.3 Å². The number of nitrogens with one attached hydrogen (secondary N) is 1. The highest BCUT2D eigenvalue weighted by molar-refractivity contribution is 7.13. The minimum atomic E-state index is -4.19. The number of hydrogen-bond acceptors (Lipinski definition) is 4. The lowest BCUT2D eigenvalue weighted by atomic mass is 10.3. The summed E-state index contributed by atoms with van der Waals surface area (Å²) in [6.45, 7) is -0.910. The van der Waals surface area contributed by atoms with E-state index in [1.165, 1.54) is 11.3 Å². The Hall–Kier alpha value is -1.47. The molecule has 0 aliphatic carbocycles. The van der Waals surface area contributed by atoms with Crippen molar-refractivity contribution in [3.63, 3.8) is 0 Å². The van der Waals surface area contributed by atoms with Crippen molar-refractivity contribution in [1.29, 1.82) is 0 Å². The van der Waals surface area contributed by atoms with Crippen molar-refractivity contribution in [2.24, 2.45) is 0 Å². The molecule has 0 aliphatic heterocycles. The lowest BCUT2D eigenvalue weighted by molar-refractivity contribution is -0.125. The fourth-order valence-electron chi connectivity index (χ4n) is 1.33. The van der Waals surface area contributed by atoms with Crippen molar-refractivity contribution >= 4 is 11.3 Å². The molecule has 0 unspecified atom stereocenters. The van der Waals surface area contributed by atoms with Crippen LogP contribution in [-0.4, -0.2) is 22.7 Å². The minimum Gasteiger partial charge on any atom is -0.303 e. The van der Waals surface area contributed by atoms with Gasteiger partial charge in [0, 0.05) is 18.1 Å². The highest BCUT2D eigenvalue weighted by Gasteiger charge is 2.26. The fraction of sp³-hybridized carbons (Fsp3) is 0.273. The summed E-state index contributed by atoms with van der Waals surface area (Å²) in [4.78, 5) is 8.36. The SMILES string of the molecule is FC(F)(F)CNCc1csc(-c2ccccn2)n1. The molecule has 96 valence electrons. The molecule has 0 spiro atoms. The summed E-state index contributed by atoms with van der Waals surface area (Å²) in [7, 11) is 0. The highest BCUT2D eigenvalue weighted by Crippen LogP contribution is 2.21. The summed E-state index contributed by atoms with van der Waals surface area (Å²) in [6, 6.07) is 5.44. The molecule has 0 aromatic carbocycles. The van der Waals surface area contributed by atoms with Gasteiger partial charge in [0.25, 0.3) is 0 Å². The van der Waals surface area contributed by atoms with Gasteiger partial charge >= 0.3 is 6.18 Å². The standard InChI is InChI=1S/C11H10F3N3S/c12-11(13,14)7-15-5-8-6-18-10(17-8)9-3-1-2-4-16-9/h1-4,6,15H,5,7H2. The third kappa shape index (κ3) is 3.78. The number of nitrogens with zero attached hydrogens (tertiary/aromatic N) is 2. The van der Waals surface area contributed by atoms with Gasteiger partial charge in [-0.3, -0.25) is 4.98 Å². The van der Waals surface area contributed by atoms with Gasteiger partial charge < -0.3 is 5.32 Å². The van der Waals surface area contributed by atoms with Gasteiger partial charge in [-0.1, -0.05) is 6.07 Å². The number of alkyl halides is 3. The van der Waals surface area contributed by atoms with Gasteiger partial charge in [0.15, 0.2) is 0 Å². The van der Waals surface area contributed by atoms with Crippen LogP contribution in [0.1, 0.15) is 5.69 Å². The molecule has 0 saturated heterocycles. The predicted molar refractivity (Wildman–Crippen MR) is 63.1 cm³/mol. The molecule has 0 atom stereocenters. The third-order valence-corrected chi connectivity index (χ3v) is 2.98. The molecule has 0 radical (unpaired) electrons. The van der Waals surface area contributed by atoms with Crippen LogP contribution < -0.4 is 5.32 Å². The van der Waals surface area contributed by atoms with Gasteiger partial charge in [0.1, 0.15) is 5.01 Å². The maximum absolute atomic E-state index is 11.9. The van der Waals surface area contributed by atoms with E-state index in [0.717, 1.165) is 5.69 Å². The Morgan fingerprint density at radius 2 is 2.11 bits per heavy atom. The molecule has 0 bridgehead atoms. The van der Waals surface area contributed by atoms with E-state index in [1.54, 1.807) is 17.6 Å². The van der Waals surface area contributed by atoms with Gasteiger partial charge in [0.05, 0.1) is 17.9 Å².